The summed E-state index contributed by atoms with van der Waals surface area (Å²) in [7, 11) is 0. The number of fused-ring (bicyclic) bond motifs is 1. The Labute approximate surface area is 189 Å². The van der Waals surface area contributed by atoms with E-state index in [2.05, 4.69) is 65.4 Å². The van der Waals surface area contributed by atoms with Gasteiger partial charge in [-0.1, -0.05) is 42.8 Å². The van der Waals surface area contributed by atoms with Gasteiger partial charge < -0.3 is 15.1 Å². The number of anilines is 4. The van der Waals surface area contributed by atoms with Crippen molar-refractivity contribution in [3.05, 3.63) is 71.4 Å². The molecule has 0 saturated carbocycles. The van der Waals surface area contributed by atoms with E-state index in [0.29, 0.717) is 29.7 Å². The number of Topliss-reactive ketones (excluding diaryl/α,β-unsaturated/α-hetero) is 1. The highest BCUT2D eigenvalue weighted by Crippen LogP contribution is 2.32. The molecule has 6 heteroatoms. The Morgan fingerprint density at radius 2 is 1.56 bits per heavy atom. The molecule has 0 spiro atoms. The van der Waals surface area contributed by atoms with Crippen molar-refractivity contribution < 1.29 is 4.79 Å². The largest absolute Gasteiger partial charge is 0.368 e. The minimum absolute atomic E-state index is 0.133. The van der Waals surface area contributed by atoms with Gasteiger partial charge in [0.25, 0.3) is 0 Å². The van der Waals surface area contributed by atoms with Gasteiger partial charge in [-0.2, -0.15) is 4.98 Å². The number of hydrogen-bond acceptors (Lipinski definition) is 6. The number of benzene rings is 2. The smallest absolute Gasteiger partial charge is 0.227 e. The summed E-state index contributed by atoms with van der Waals surface area (Å²) in [5.41, 5.74) is 4.92. The van der Waals surface area contributed by atoms with Gasteiger partial charge in [-0.15, -0.1) is 0 Å². The third-order valence-corrected chi connectivity index (χ3v) is 6.32. The van der Waals surface area contributed by atoms with Crippen LogP contribution < -0.4 is 15.1 Å². The van der Waals surface area contributed by atoms with Crippen LogP contribution in [0.25, 0.3) is 0 Å². The van der Waals surface area contributed by atoms with E-state index in [4.69, 9.17) is 9.97 Å². The molecule has 1 aliphatic heterocycles. The molecule has 1 aromatic heterocycles. The summed E-state index contributed by atoms with van der Waals surface area (Å²) in [6.07, 6.45) is 1.36. The van der Waals surface area contributed by atoms with E-state index < -0.39 is 0 Å². The minimum atomic E-state index is 0.133. The molecular weight excluding hydrogens is 398 g/mol. The van der Waals surface area contributed by atoms with Gasteiger partial charge in [0.2, 0.25) is 5.95 Å². The van der Waals surface area contributed by atoms with Crippen molar-refractivity contribution in [3.8, 4) is 0 Å². The van der Waals surface area contributed by atoms with Crippen LogP contribution in [0.3, 0.4) is 0 Å². The van der Waals surface area contributed by atoms with E-state index in [1.807, 2.05) is 18.2 Å². The molecule has 0 bridgehead atoms. The number of hydrogen-bond donors (Lipinski definition) is 1. The maximum absolute atomic E-state index is 12.9. The highest BCUT2D eigenvalue weighted by Gasteiger charge is 2.30. The van der Waals surface area contributed by atoms with Gasteiger partial charge in [-0.3, -0.25) is 4.79 Å². The molecule has 2 heterocycles. The standard InChI is InChI=1S/C26H29N5O/c1-18-8-10-20(11-9-18)27-25-24-22(16-19(2)17-23(24)32)28-26(29-25)31-14-12-30(13-15-31)21-6-4-3-5-7-21/h3-11,19H,12-17H2,1-2H3,(H,27,28,29). The number of carbonyl (C=O) groups is 1. The fraction of sp³-hybridized carbons (Fsp3) is 0.346. The van der Waals surface area contributed by atoms with Crippen molar-refractivity contribution in [1.82, 2.24) is 9.97 Å². The second kappa shape index (κ2) is 8.61. The molecule has 2 aromatic carbocycles. The summed E-state index contributed by atoms with van der Waals surface area (Å²) in [4.78, 5) is 27.3. The summed E-state index contributed by atoms with van der Waals surface area (Å²) in [5.74, 6) is 1.79. The lowest BCUT2D eigenvalue weighted by molar-refractivity contribution is 0.0952. The second-order valence-electron chi connectivity index (χ2n) is 8.93. The molecule has 1 aliphatic carbocycles. The molecule has 1 fully saturated rings. The van der Waals surface area contributed by atoms with Crippen LogP contribution in [0.5, 0.6) is 0 Å². The Morgan fingerprint density at radius 3 is 2.28 bits per heavy atom. The zero-order valence-corrected chi connectivity index (χ0v) is 18.7. The normalized spacial score (nSPS) is 18.4. The van der Waals surface area contributed by atoms with Gasteiger partial charge >= 0.3 is 0 Å². The maximum atomic E-state index is 12.9. The lowest BCUT2D eigenvalue weighted by atomic mass is 9.87. The Bertz CT molecular complexity index is 1110. The molecule has 164 valence electrons. The number of aromatic nitrogens is 2. The van der Waals surface area contributed by atoms with E-state index in [-0.39, 0.29) is 5.78 Å². The predicted octanol–water partition coefficient (Wildman–Crippen LogP) is 4.62. The van der Waals surface area contributed by atoms with Crippen LogP contribution in [-0.4, -0.2) is 41.9 Å². The van der Waals surface area contributed by atoms with Crippen molar-refractivity contribution in [3.63, 3.8) is 0 Å². The van der Waals surface area contributed by atoms with Gasteiger partial charge in [0.1, 0.15) is 5.82 Å². The molecule has 1 unspecified atom stereocenters. The molecule has 1 atom stereocenters. The minimum Gasteiger partial charge on any atom is -0.368 e. The van der Waals surface area contributed by atoms with Gasteiger partial charge in [0, 0.05) is 44.0 Å². The summed E-state index contributed by atoms with van der Waals surface area (Å²) < 4.78 is 0. The first-order valence-corrected chi connectivity index (χ1v) is 11.4. The number of nitrogens with one attached hydrogen (secondary N) is 1. The average molecular weight is 428 g/mol. The Morgan fingerprint density at radius 1 is 0.875 bits per heavy atom. The molecule has 0 radical (unpaired) electrons. The Hall–Kier alpha value is -3.41. The van der Waals surface area contributed by atoms with E-state index in [0.717, 1.165) is 44.0 Å². The van der Waals surface area contributed by atoms with Crippen molar-refractivity contribution in [2.24, 2.45) is 5.92 Å². The number of para-hydroxylation sites is 1. The molecular formula is C26H29N5O. The molecule has 1 N–H and O–H groups in total. The summed E-state index contributed by atoms with van der Waals surface area (Å²) >= 11 is 0. The lowest BCUT2D eigenvalue weighted by Gasteiger charge is -2.36. The fourth-order valence-corrected chi connectivity index (χ4v) is 4.56. The van der Waals surface area contributed by atoms with Crippen molar-refractivity contribution in [2.75, 3.05) is 41.3 Å². The zero-order chi connectivity index (χ0) is 22.1. The first kappa shape index (κ1) is 20.5. The quantitative estimate of drug-likeness (QED) is 0.656. The third-order valence-electron chi connectivity index (χ3n) is 6.32. The van der Waals surface area contributed by atoms with Crippen molar-refractivity contribution in [1.29, 1.82) is 0 Å². The number of aryl methyl sites for hydroxylation is 1. The van der Waals surface area contributed by atoms with Crippen LogP contribution in [0.4, 0.5) is 23.1 Å². The Balaban J connectivity index is 1.43. The average Bonchev–Trinajstić information content (AvgIpc) is 2.80. The predicted molar refractivity (Wildman–Crippen MR) is 129 cm³/mol. The van der Waals surface area contributed by atoms with E-state index in [1.165, 1.54) is 11.3 Å². The first-order chi connectivity index (χ1) is 15.6. The van der Waals surface area contributed by atoms with E-state index in [9.17, 15) is 4.79 Å². The highest BCUT2D eigenvalue weighted by molar-refractivity contribution is 6.03. The van der Waals surface area contributed by atoms with Crippen LogP contribution in [-0.2, 0) is 6.42 Å². The first-order valence-electron chi connectivity index (χ1n) is 11.4. The lowest BCUT2D eigenvalue weighted by Crippen LogP contribution is -2.47. The van der Waals surface area contributed by atoms with Crippen LogP contribution >= 0.6 is 0 Å². The van der Waals surface area contributed by atoms with Crippen LogP contribution in [0.1, 0.15) is 35.0 Å². The maximum Gasteiger partial charge on any atom is 0.227 e. The molecule has 6 nitrogen and oxygen atoms in total. The molecule has 32 heavy (non-hydrogen) atoms. The molecule has 1 saturated heterocycles. The zero-order valence-electron chi connectivity index (χ0n) is 18.7. The van der Waals surface area contributed by atoms with E-state index in [1.54, 1.807) is 0 Å². The summed E-state index contributed by atoms with van der Waals surface area (Å²) in [6.45, 7) is 7.71. The number of ketones is 1. The molecule has 3 aromatic rings. The van der Waals surface area contributed by atoms with Gasteiger partial charge in [-0.25, -0.2) is 4.98 Å². The molecule has 5 rings (SSSR count). The molecule has 2 aliphatic rings. The van der Waals surface area contributed by atoms with Crippen LogP contribution in [0, 0.1) is 12.8 Å². The Kier molecular flexibility index (Phi) is 5.52. The van der Waals surface area contributed by atoms with Crippen LogP contribution in [0.15, 0.2) is 54.6 Å². The van der Waals surface area contributed by atoms with Crippen molar-refractivity contribution >= 4 is 28.9 Å². The van der Waals surface area contributed by atoms with Crippen molar-refractivity contribution in [2.45, 2.75) is 26.7 Å². The molecule has 0 amide bonds. The summed E-state index contributed by atoms with van der Waals surface area (Å²) in [5, 5.41) is 3.41. The van der Waals surface area contributed by atoms with Gasteiger partial charge in [0.05, 0.1) is 11.3 Å². The third kappa shape index (κ3) is 4.17. The monoisotopic (exact) mass is 427 g/mol. The number of piperazine rings is 1. The topological polar surface area (TPSA) is 61.4 Å². The van der Waals surface area contributed by atoms with Gasteiger partial charge in [0.15, 0.2) is 5.78 Å². The summed E-state index contributed by atoms with van der Waals surface area (Å²) in [6, 6.07) is 18.7. The van der Waals surface area contributed by atoms with Gasteiger partial charge in [-0.05, 0) is 43.5 Å². The number of nitrogens with zero attached hydrogens (tertiary/aromatic N) is 4. The number of rotatable bonds is 4. The SMILES string of the molecule is Cc1ccc(Nc2nc(N3CCN(c4ccccc4)CC3)nc3c2C(=O)CC(C)C3)cc1. The number of carbonyl (C=O) groups excluding carboxylic acids is 1. The fourth-order valence-electron chi connectivity index (χ4n) is 4.56. The highest BCUT2D eigenvalue weighted by atomic mass is 16.1. The second-order valence-corrected chi connectivity index (χ2v) is 8.93. The van der Waals surface area contributed by atoms with Crippen LogP contribution in [0.2, 0.25) is 0 Å². The van der Waals surface area contributed by atoms with E-state index >= 15 is 0 Å².